The van der Waals surface area contributed by atoms with E-state index in [9.17, 15) is 9.90 Å². The molecule has 0 rings (SSSR count). The maximum atomic E-state index is 12.1. The molecule has 0 aliphatic heterocycles. The first kappa shape index (κ1) is 15.4. The maximum Gasteiger partial charge on any atom is 0.244 e. The molecule has 0 aromatic rings. The second-order valence-electron chi connectivity index (χ2n) is 5.38. The van der Waals surface area contributed by atoms with E-state index in [-0.39, 0.29) is 5.91 Å². The first-order valence-corrected chi connectivity index (χ1v) is 5.98. The van der Waals surface area contributed by atoms with E-state index in [1.54, 1.807) is 13.8 Å². The zero-order valence-electron chi connectivity index (χ0n) is 11.2. The summed E-state index contributed by atoms with van der Waals surface area (Å²) in [6.07, 6.45) is 0.837. The minimum atomic E-state index is -0.806. The average molecular weight is 230 g/mol. The highest BCUT2D eigenvalue weighted by atomic mass is 16.3. The molecule has 1 atom stereocenters. The Hall–Kier alpha value is -0.610. The van der Waals surface area contributed by atoms with E-state index in [2.05, 4.69) is 0 Å². The highest BCUT2D eigenvalue weighted by Crippen LogP contribution is 2.26. The van der Waals surface area contributed by atoms with Crippen molar-refractivity contribution in [2.75, 3.05) is 6.54 Å². The van der Waals surface area contributed by atoms with Gasteiger partial charge >= 0.3 is 0 Å². The van der Waals surface area contributed by atoms with Gasteiger partial charge in [0.2, 0.25) is 5.91 Å². The van der Waals surface area contributed by atoms with Crippen molar-refractivity contribution in [1.82, 2.24) is 5.01 Å². The van der Waals surface area contributed by atoms with Crippen molar-refractivity contribution in [3.63, 3.8) is 0 Å². The minimum Gasteiger partial charge on any atom is -0.392 e. The summed E-state index contributed by atoms with van der Waals surface area (Å²) in [5.41, 5.74) is -0.806. The Labute approximate surface area is 98.8 Å². The Morgan fingerprint density at radius 1 is 1.44 bits per heavy atom. The number of nitrogens with zero attached hydrogens (tertiary/aromatic N) is 1. The van der Waals surface area contributed by atoms with Crippen LogP contribution in [0.25, 0.3) is 0 Å². The van der Waals surface area contributed by atoms with Gasteiger partial charge in [-0.25, -0.2) is 5.84 Å². The zero-order chi connectivity index (χ0) is 12.9. The molecule has 0 spiro atoms. The van der Waals surface area contributed by atoms with E-state index in [4.69, 9.17) is 5.84 Å². The fourth-order valence-electron chi connectivity index (χ4n) is 1.62. The van der Waals surface area contributed by atoms with Crippen LogP contribution in [0.5, 0.6) is 0 Å². The molecule has 4 nitrogen and oxygen atoms in total. The summed E-state index contributed by atoms with van der Waals surface area (Å²) in [7, 11) is 0. The topological polar surface area (TPSA) is 66.6 Å². The lowest BCUT2D eigenvalue weighted by Crippen LogP contribution is -2.51. The first-order valence-electron chi connectivity index (χ1n) is 5.98. The molecule has 3 N–H and O–H groups in total. The van der Waals surface area contributed by atoms with Gasteiger partial charge in [0.25, 0.3) is 0 Å². The molecule has 0 aliphatic rings. The van der Waals surface area contributed by atoms with Gasteiger partial charge in [0.1, 0.15) is 0 Å². The van der Waals surface area contributed by atoms with E-state index in [1.807, 2.05) is 20.8 Å². The molecule has 0 aromatic carbocycles. The number of aliphatic hydroxyl groups is 1. The molecule has 0 bridgehead atoms. The zero-order valence-corrected chi connectivity index (χ0v) is 11.2. The molecule has 0 saturated carbocycles. The lowest BCUT2D eigenvalue weighted by atomic mass is 9.83. The van der Waals surface area contributed by atoms with Gasteiger partial charge in [0.05, 0.1) is 11.5 Å². The maximum absolute atomic E-state index is 12.1. The van der Waals surface area contributed by atoms with E-state index in [1.165, 1.54) is 5.01 Å². The molecule has 0 aliphatic carbocycles. The predicted octanol–water partition coefficient (Wildman–Crippen LogP) is 1.53. The van der Waals surface area contributed by atoms with Gasteiger partial charge in [-0.15, -0.1) is 0 Å². The quantitative estimate of drug-likeness (QED) is 0.413. The highest BCUT2D eigenvalue weighted by molar-refractivity contribution is 5.82. The SMILES string of the molecule is CCCC(O)C(C)(C)C(=O)N(N)CC(C)C. The number of carbonyl (C=O) groups excluding carboxylic acids is 1. The second kappa shape index (κ2) is 6.21. The number of aliphatic hydroxyl groups excluding tert-OH is 1. The summed E-state index contributed by atoms with van der Waals surface area (Å²) in [5.74, 6) is 5.85. The van der Waals surface area contributed by atoms with Crippen LogP contribution in [0.4, 0.5) is 0 Å². The summed E-state index contributed by atoms with van der Waals surface area (Å²) in [4.78, 5) is 12.1. The Morgan fingerprint density at radius 2 is 1.94 bits per heavy atom. The van der Waals surface area contributed by atoms with Crippen molar-refractivity contribution in [1.29, 1.82) is 0 Å². The van der Waals surface area contributed by atoms with E-state index in [0.717, 1.165) is 6.42 Å². The van der Waals surface area contributed by atoms with Gasteiger partial charge in [-0.3, -0.25) is 9.80 Å². The van der Waals surface area contributed by atoms with Crippen molar-refractivity contribution in [2.45, 2.75) is 53.6 Å². The summed E-state index contributed by atoms with van der Waals surface area (Å²) < 4.78 is 0. The van der Waals surface area contributed by atoms with Gasteiger partial charge in [-0.05, 0) is 26.2 Å². The van der Waals surface area contributed by atoms with Crippen LogP contribution in [0.2, 0.25) is 0 Å². The summed E-state index contributed by atoms with van der Waals surface area (Å²) in [5, 5.41) is 11.2. The summed E-state index contributed by atoms with van der Waals surface area (Å²) in [6.45, 7) is 10.00. The predicted molar refractivity (Wildman–Crippen MR) is 65.4 cm³/mol. The standard InChI is InChI=1S/C12H26N2O2/c1-6-7-10(15)12(4,5)11(16)14(13)8-9(2)3/h9-10,15H,6-8,13H2,1-5H3. The third-order valence-corrected chi connectivity index (χ3v) is 2.77. The van der Waals surface area contributed by atoms with Crippen molar-refractivity contribution >= 4 is 5.91 Å². The van der Waals surface area contributed by atoms with Gasteiger partial charge in [0, 0.05) is 6.54 Å². The molecule has 0 radical (unpaired) electrons. The second-order valence-corrected chi connectivity index (χ2v) is 5.38. The van der Waals surface area contributed by atoms with Crippen molar-refractivity contribution in [3.05, 3.63) is 0 Å². The molecule has 0 heterocycles. The minimum absolute atomic E-state index is 0.192. The lowest BCUT2D eigenvalue weighted by molar-refractivity contribution is -0.147. The number of amides is 1. The summed E-state index contributed by atoms with van der Waals surface area (Å²) >= 11 is 0. The summed E-state index contributed by atoms with van der Waals surface area (Å²) in [6, 6.07) is 0. The van der Waals surface area contributed by atoms with Crippen LogP contribution < -0.4 is 5.84 Å². The van der Waals surface area contributed by atoms with Crippen LogP contribution in [0.3, 0.4) is 0 Å². The van der Waals surface area contributed by atoms with Crippen LogP contribution in [0.15, 0.2) is 0 Å². The van der Waals surface area contributed by atoms with Crippen LogP contribution in [-0.4, -0.2) is 28.7 Å². The smallest absolute Gasteiger partial charge is 0.244 e. The van der Waals surface area contributed by atoms with E-state index in [0.29, 0.717) is 18.9 Å². The Bertz CT molecular complexity index is 227. The lowest BCUT2D eigenvalue weighted by Gasteiger charge is -2.33. The molecular weight excluding hydrogens is 204 g/mol. The molecule has 96 valence electrons. The molecule has 0 saturated heterocycles. The number of hydrogen-bond acceptors (Lipinski definition) is 3. The number of hydrazine groups is 1. The van der Waals surface area contributed by atoms with Gasteiger partial charge < -0.3 is 5.11 Å². The van der Waals surface area contributed by atoms with Gasteiger partial charge in [-0.1, -0.05) is 27.2 Å². The fourth-order valence-corrected chi connectivity index (χ4v) is 1.62. The van der Waals surface area contributed by atoms with Crippen molar-refractivity contribution < 1.29 is 9.90 Å². The van der Waals surface area contributed by atoms with Crippen LogP contribution in [0.1, 0.15) is 47.5 Å². The Balaban J connectivity index is 4.55. The number of nitrogens with two attached hydrogens (primary N) is 1. The van der Waals surface area contributed by atoms with Crippen LogP contribution >= 0.6 is 0 Å². The highest BCUT2D eigenvalue weighted by Gasteiger charge is 2.37. The fraction of sp³-hybridized carbons (Fsp3) is 0.917. The number of carbonyl (C=O) groups is 1. The molecule has 1 amide bonds. The van der Waals surface area contributed by atoms with Crippen molar-refractivity contribution in [2.24, 2.45) is 17.2 Å². The third kappa shape index (κ3) is 4.10. The monoisotopic (exact) mass is 230 g/mol. The molecule has 16 heavy (non-hydrogen) atoms. The Morgan fingerprint density at radius 3 is 2.31 bits per heavy atom. The van der Waals surface area contributed by atoms with Crippen molar-refractivity contribution in [3.8, 4) is 0 Å². The van der Waals surface area contributed by atoms with Crippen LogP contribution in [-0.2, 0) is 4.79 Å². The third-order valence-electron chi connectivity index (χ3n) is 2.77. The van der Waals surface area contributed by atoms with E-state index >= 15 is 0 Å². The molecule has 0 fully saturated rings. The first-order chi connectivity index (χ1) is 7.23. The average Bonchev–Trinajstić information content (AvgIpc) is 2.15. The van der Waals surface area contributed by atoms with E-state index < -0.39 is 11.5 Å². The molecular formula is C12H26N2O2. The molecule has 0 aromatic heterocycles. The Kier molecular flexibility index (Phi) is 5.97. The van der Waals surface area contributed by atoms with Gasteiger partial charge in [-0.2, -0.15) is 0 Å². The number of hydrogen-bond donors (Lipinski definition) is 2. The number of rotatable bonds is 6. The van der Waals surface area contributed by atoms with Gasteiger partial charge in [0.15, 0.2) is 0 Å². The van der Waals surface area contributed by atoms with Crippen LogP contribution in [0, 0.1) is 11.3 Å². The largest absolute Gasteiger partial charge is 0.392 e. The molecule has 4 heteroatoms. The normalized spacial score (nSPS) is 14.0. The molecule has 1 unspecified atom stereocenters.